The summed E-state index contributed by atoms with van der Waals surface area (Å²) in [6, 6.07) is 13.1. The van der Waals surface area contributed by atoms with Crippen LogP contribution in [0.15, 0.2) is 42.5 Å². The minimum atomic E-state index is -0.123. The van der Waals surface area contributed by atoms with Crippen molar-refractivity contribution >= 4 is 17.5 Å². The van der Waals surface area contributed by atoms with Gasteiger partial charge in [-0.15, -0.1) is 0 Å². The third kappa shape index (κ3) is 4.14. The van der Waals surface area contributed by atoms with E-state index in [0.717, 1.165) is 22.6 Å². The van der Waals surface area contributed by atoms with Crippen molar-refractivity contribution in [2.45, 2.75) is 19.4 Å². The average molecular weight is 354 g/mol. The molecule has 0 saturated carbocycles. The number of carbonyl (C=O) groups is 2. The number of likely N-dealkylation sites (N-methyl/N-ethyl adjacent to an activating group) is 1. The van der Waals surface area contributed by atoms with Gasteiger partial charge in [0, 0.05) is 31.3 Å². The number of amides is 2. The van der Waals surface area contributed by atoms with Crippen LogP contribution in [0.4, 0.5) is 5.69 Å². The summed E-state index contributed by atoms with van der Waals surface area (Å²) in [5, 5.41) is 2.83. The lowest BCUT2D eigenvalue weighted by Gasteiger charge is -2.20. The highest BCUT2D eigenvalue weighted by Gasteiger charge is 2.16. The SMILES string of the molecule is COc1ccccc1CN(C)C(=O)COc1ccc2c(c1)CCC(=O)N2. The number of fused-ring (bicyclic) bond motifs is 1. The van der Waals surface area contributed by atoms with Crippen LogP contribution in [0, 0.1) is 0 Å². The highest BCUT2D eigenvalue weighted by atomic mass is 16.5. The molecular formula is C20H22N2O4. The zero-order chi connectivity index (χ0) is 18.5. The smallest absolute Gasteiger partial charge is 0.260 e. The van der Waals surface area contributed by atoms with Gasteiger partial charge in [-0.25, -0.2) is 0 Å². The normalized spacial score (nSPS) is 12.8. The number of benzene rings is 2. The molecule has 1 N–H and O–H groups in total. The average Bonchev–Trinajstić information content (AvgIpc) is 2.66. The van der Waals surface area contributed by atoms with Gasteiger partial charge in [0.25, 0.3) is 5.91 Å². The maximum Gasteiger partial charge on any atom is 0.260 e. The van der Waals surface area contributed by atoms with Gasteiger partial charge < -0.3 is 19.7 Å². The molecule has 26 heavy (non-hydrogen) atoms. The minimum Gasteiger partial charge on any atom is -0.496 e. The van der Waals surface area contributed by atoms with Crippen molar-refractivity contribution < 1.29 is 19.1 Å². The number of hydrogen-bond acceptors (Lipinski definition) is 4. The third-order valence-electron chi connectivity index (χ3n) is 4.36. The van der Waals surface area contributed by atoms with Crippen LogP contribution >= 0.6 is 0 Å². The summed E-state index contributed by atoms with van der Waals surface area (Å²) in [5.41, 5.74) is 2.78. The quantitative estimate of drug-likeness (QED) is 0.866. The Hall–Kier alpha value is -3.02. The first kappa shape index (κ1) is 17.8. The van der Waals surface area contributed by atoms with Crippen LogP contribution in [-0.4, -0.2) is 37.5 Å². The van der Waals surface area contributed by atoms with Crippen molar-refractivity contribution in [2.75, 3.05) is 26.1 Å². The van der Waals surface area contributed by atoms with Crippen molar-refractivity contribution in [1.82, 2.24) is 4.90 Å². The second kappa shape index (κ2) is 7.91. The Labute approximate surface area is 152 Å². The van der Waals surface area contributed by atoms with Gasteiger partial charge in [-0.2, -0.15) is 0 Å². The maximum absolute atomic E-state index is 12.4. The van der Waals surface area contributed by atoms with E-state index in [1.54, 1.807) is 25.1 Å². The van der Waals surface area contributed by atoms with Crippen molar-refractivity contribution in [2.24, 2.45) is 0 Å². The summed E-state index contributed by atoms with van der Waals surface area (Å²) >= 11 is 0. The number of rotatable bonds is 6. The van der Waals surface area contributed by atoms with E-state index < -0.39 is 0 Å². The molecule has 2 aromatic rings. The van der Waals surface area contributed by atoms with Crippen LogP contribution in [0.25, 0.3) is 0 Å². The summed E-state index contributed by atoms with van der Waals surface area (Å²) in [6.45, 7) is 0.402. The monoisotopic (exact) mass is 354 g/mol. The van der Waals surface area contributed by atoms with E-state index in [1.807, 2.05) is 36.4 Å². The summed E-state index contributed by atoms with van der Waals surface area (Å²) in [6.07, 6.45) is 1.15. The van der Waals surface area contributed by atoms with E-state index >= 15 is 0 Å². The molecule has 2 amide bonds. The lowest BCUT2D eigenvalue weighted by Crippen LogP contribution is -2.31. The number of nitrogens with one attached hydrogen (secondary N) is 1. The number of carbonyl (C=O) groups excluding carboxylic acids is 2. The molecule has 0 aromatic heterocycles. The van der Waals surface area contributed by atoms with Crippen molar-refractivity contribution in [1.29, 1.82) is 0 Å². The fourth-order valence-corrected chi connectivity index (χ4v) is 2.88. The number of nitrogens with zero attached hydrogens (tertiary/aromatic N) is 1. The number of para-hydroxylation sites is 1. The molecule has 0 aliphatic carbocycles. The van der Waals surface area contributed by atoms with Crippen LogP contribution in [-0.2, 0) is 22.6 Å². The third-order valence-corrected chi connectivity index (χ3v) is 4.36. The summed E-state index contributed by atoms with van der Waals surface area (Å²) < 4.78 is 11.0. The Morgan fingerprint density at radius 2 is 2.00 bits per heavy atom. The first-order valence-electron chi connectivity index (χ1n) is 8.48. The topological polar surface area (TPSA) is 67.9 Å². The zero-order valence-corrected chi connectivity index (χ0v) is 15.0. The van der Waals surface area contributed by atoms with Crippen LogP contribution in [0.2, 0.25) is 0 Å². The molecule has 0 saturated heterocycles. The molecule has 136 valence electrons. The van der Waals surface area contributed by atoms with Gasteiger partial charge in [-0.1, -0.05) is 18.2 Å². The van der Waals surface area contributed by atoms with Crippen LogP contribution < -0.4 is 14.8 Å². The van der Waals surface area contributed by atoms with Gasteiger partial charge in [0.15, 0.2) is 6.61 Å². The molecule has 0 bridgehead atoms. The van der Waals surface area contributed by atoms with E-state index in [9.17, 15) is 9.59 Å². The summed E-state index contributed by atoms with van der Waals surface area (Å²) in [5.74, 6) is 1.28. The molecular weight excluding hydrogens is 332 g/mol. The lowest BCUT2D eigenvalue weighted by molar-refractivity contribution is -0.132. The molecule has 0 spiro atoms. The number of anilines is 1. The Bertz CT molecular complexity index is 819. The molecule has 1 aliphatic heterocycles. The molecule has 6 nitrogen and oxygen atoms in total. The minimum absolute atomic E-state index is 0.0271. The zero-order valence-electron chi connectivity index (χ0n) is 15.0. The Kier molecular flexibility index (Phi) is 5.41. The molecule has 1 aliphatic rings. The highest BCUT2D eigenvalue weighted by Crippen LogP contribution is 2.27. The Balaban J connectivity index is 1.57. The van der Waals surface area contributed by atoms with Gasteiger partial charge in [-0.3, -0.25) is 9.59 Å². The fourth-order valence-electron chi connectivity index (χ4n) is 2.88. The van der Waals surface area contributed by atoms with Gasteiger partial charge >= 0.3 is 0 Å². The van der Waals surface area contributed by atoms with Crippen molar-refractivity contribution in [3.63, 3.8) is 0 Å². The fraction of sp³-hybridized carbons (Fsp3) is 0.300. The Morgan fingerprint density at radius 3 is 2.81 bits per heavy atom. The van der Waals surface area contributed by atoms with Gasteiger partial charge in [-0.05, 0) is 36.2 Å². The highest BCUT2D eigenvalue weighted by molar-refractivity contribution is 5.94. The second-order valence-corrected chi connectivity index (χ2v) is 6.22. The molecule has 3 rings (SSSR count). The number of ether oxygens (including phenoxy) is 2. The number of aryl methyl sites for hydroxylation is 1. The van der Waals surface area contributed by atoms with E-state index in [0.29, 0.717) is 25.1 Å². The largest absolute Gasteiger partial charge is 0.496 e. The van der Waals surface area contributed by atoms with Gasteiger partial charge in [0.2, 0.25) is 5.91 Å². The summed E-state index contributed by atoms with van der Waals surface area (Å²) in [4.78, 5) is 25.4. The molecule has 0 atom stereocenters. The van der Waals surface area contributed by atoms with Gasteiger partial charge in [0.1, 0.15) is 11.5 Å². The maximum atomic E-state index is 12.4. The predicted molar refractivity (Wildman–Crippen MR) is 98.4 cm³/mol. The van der Waals surface area contributed by atoms with Crippen LogP contribution in [0.5, 0.6) is 11.5 Å². The van der Waals surface area contributed by atoms with E-state index in [1.165, 1.54) is 0 Å². The standard InChI is InChI=1S/C20H22N2O4/c1-22(12-15-5-3-4-6-18(15)25-2)20(24)13-26-16-8-9-17-14(11-16)7-10-19(23)21-17/h3-6,8-9,11H,7,10,12-13H2,1-2H3,(H,21,23). The van der Waals surface area contributed by atoms with Crippen LogP contribution in [0.1, 0.15) is 17.5 Å². The first-order chi connectivity index (χ1) is 12.6. The van der Waals surface area contributed by atoms with E-state index in [2.05, 4.69) is 5.32 Å². The molecule has 0 fully saturated rings. The molecule has 2 aromatic carbocycles. The number of hydrogen-bond donors (Lipinski definition) is 1. The molecule has 1 heterocycles. The molecule has 0 unspecified atom stereocenters. The number of methoxy groups -OCH3 is 1. The predicted octanol–water partition coefficient (Wildman–Crippen LogP) is 2.62. The molecule has 6 heteroatoms. The molecule has 0 radical (unpaired) electrons. The van der Waals surface area contributed by atoms with Crippen LogP contribution in [0.3, 0.4) is 0 Å². The van der Waals surface area contributed by atoms with E-state index in [4.69, 9.17) is 9.47 Å². The second-order valence-electron chi connectivity index (χ2n) is 6.22. The van der Waals surface area contributed by atoms with Crippen molar-refractivity contribution in [3.05, 3.63) is 53.6 Å². The summed E-state index contributed by atoms with van der Waals surface area (Å²) in [7, 11) is 3.35. The van der Waals surface area contributed by atoms with E-state index in [-0.39, 0.29) is 18.4 Å². The van der Waals surface area contributed by atoms with Crippen molar-refractivity contribution in [3.8, 4) is 11.5 Å². The van der Waals surface area contributed by atoms with Gasteiger partial charge in [0.05, 0.1) is 7.11 Å². The lowest BCUT2D eigenvalue weighted by atomic mass is 10.0. The first-order valence-corrected chi connectivity index (χ1v) is 8.48. The Morgan fingerprint density at radius 1 is 1.19 bits per heavy atom.